The van der Waals surface area contributed by atoms with Crippen molar-refractivity contribution >= 4 is 23.2 Å². The van der Waals surface area contributed by atoms with Gasteiger partial charge in [0, 0.05) is 0 Å². The van der Waals surface area contributed by atoms with Crippen molar-refractivity contribution in [1.82, 2.24) is 0 Å². The van der Waals surface area contributed by atoms with Gasteiger partial charge in [-0.1, -0.05) is 13.2 Å². The largest absolute Gasteiger partial charge is 0.461 e. The lowest BCUT2D eigenvalue weighted by molar-refractivity contribution is -0.0194. The van der Waals surface area contributed by atoms with Crippen LogP contribution < -0.4 is 0 Å². The third-order valence-electron chi connectivity index (χ3n) is 1.40. The number of ether oxygens (including phenoxy) is 1. The van der Waals surface area contributed by atoms with Crippen LogP contribution in [0, 0.1) is 0 Å². The predicted molar refractivity (Wildman–Crippen MR) is 50.8 cm³/mol. The molecule has 0 saturated carbocycles. The smallest absolute Gasteiger partial charge is 0.359 e. The number of hydrogen-bond acceptors (Lipinski definition) is 1. The van der Waals surface area contributed by atoms with Crippen LogP contribution in [-0.4, -0.2) is 23.1 Å². The number of hydrogen-bond donors (Lipinski definition) is 0. The van der Waals surface area contributed by atoms with Crippen LogP contribution in [0.2, 0.25) is 0 Å². The summed E-state index contributed by atoms with van der Waals surface area (Å²) in [7, 11) is 0. The Morgan fingerprint density at radius 2 is 1.12 bits per heavy atom. The molecule has 0 N–H and O–H groups in total. The molecule has 0 spiro atoms. The molecule has 100 valence electrons. The van der Waals surface area contributed by atoms with Crippen molar-refractivity contribution in [3.05, 3.63) is 24.7 Å². The average molecular weight is 303 g/mol. The molecule has 0 aliphatic carbocycles. The number of allylic oxidation sites excluding steroid dienone is 2. The summed E-state index contributed by atoms with van der Waals surface area (Å²) in [4.78, 5) is 0. The maximum absolute atomic E-state index is 12.7. The van der Waals surface area contributed by atoms with Crippen LogP contribution >= 0.6 is 23.2 Å². The maximum atomic E-state index is 12.7. The first-order valence-electron chi connectivity index (χ1n) is 3.84. The van der Waals surface area contributed by atoms with Crippen molar-refractivity contribution in [2.75, 3.05) is 0 Å². The lowest BCUT2D eigenvalue weighted by atomic mass is 10.3. The van der Waals surface area contributed by atoms with Gasteiger partial charge in [-0.25, -0.2) is 8.78 Å². The highest BCUT2D eigenvalue weighted by Gasteiger charge is 2.44. The Kier molecular flexibility index (Phi) is 5.21. The molecule has 0 aromatic heterocycles. The van der Waals surface area contributed by atoms with E-state index in [0.717, 1.165) is 0 Å². The fourth-order valence-corrected chi connectivity index (χ4v) is 0.880. The van der Waals surface area contributed by atoms with Gasteiger partial charge in [0.05, 0.1) is 0 Å². The molecule has 17 heavy (non-hydrogen) atoms. The van der Waals surface area contributed by atoms with Gasteiger partial charge in [-0.3, -0.25) is 0 Å². The van der Waals surface area contributed by atoms with Crippen LogP contribution in [0.5, 0.6) is 0 Å². The van der Waals surface area contributed by atoms with Crippen molar-refractivity contribution in [2.24, 2.45) is 0 Å². The molecule has 0 fully saturated rings. The molecule has 2 unspecified atom stereocenters. The second kappa shape index (κ2) is 5.39. The Bertz CT molecular complexity index is 278. The zero-order chi connectivity index (χ0) is 14.0. The average Bonchev–Trinajstić information content (AvgIpc) is 2.12. The van der Waals surface area contributed by atoms with E-state index in [0.29, 0.717) is 0 Å². The standard InChI is InChI=1S/C8H6Cl2F6O/c1-3(5(11)7(9,13)14)17-4(2)6(12)8(10,15)16/h5-6H,1-2H2. The lowest BCUT2D eigenvalue weighted by Crippen LogP contribution is -2.29. The summed E-state index contributed by atoms with van der Waals surface area (Å²) in [5.41, 5.74) is 0. The molecule has 0 aliphatic heterocycles. The van der Waals surface area contributed by atoms with Gasteiger partial charge in [0.15, 0.2) is 0 Å². The number of alkyl halides is 8. The summed E-state index contributed by atoms with van der Waals surface area (Å²) in [6.45, 7) is 5.30. The van der Waals surface area contributed by atoms with Crippen molar-refractivity contribution < 1.29 is 31.1 Å². The first-order valence-corrected chi connectivity index (χ1v) is 4.60. The van der Waals surface area contributed by atoms with E-state index in [1.807, 2.05) is 0 Å². The van der Waals surface area contributed by atoms with E-state index < -0.39 is 34.6 Å². The molecule has 0 rings (SSSR count). The molecule has 0 radical (unpaired) electrons. The normalized spacial score (nSPS) is 16.2. The van der Waals surface area contributed by atoms with Gasteiger partial charge < -0.3 is 4.74 Å². The van der Waals surface area contributed by atoms with Crippen LogP contribution in [-0.2, 0) is 4.74 Å². The molecule has 0 heterocycles. The van der Waals surface area contributed by atoms with E-state index in [1.54, 1.807) is 0 Å². The van der Waals surface area contributed by atoms with Gasteiger partial charge in [-0.2, -0.15) is 17.6 Å². The van der Waals surface area contributed by atoms with Crippen LogP contribution in [0.3, 0.4) is 0 Å². The summed E-state index contributed by atoms with van der Waals surface area (Å²) < 4.78 is 78.2. The summed E-state index contributed by atoms with van der Waals surface area (Å²) in [5.74, 6) is -2.72. The Balaban J connectivity index is 4.57. The molecular formula is C8H6Cl2F6O. The highest BCUT2D eigenvalue weighted by atomic mass is 35.5. The first kappa shape index (κ1) is 16.4. The minimum absolute atomic E-state index is 1.36. The molecule has 1 nitrogen and oxygen atoms in total. The molecule has 0 aromatic carbocycles. The molecule has 2 atom stereocenters. The molecule has 9 heteroatoms. The lowest BCUT2D eigenvalue weighted by Gasteiger charge is -2.20. The minimum atomic E-state index is -4.37. The van der Waals surface area contributed by atoms with E-state index in [1.165, 1.54) is 0 Å². The maximum Gasteiger partial charge on any atom is 0.359 e. The topological polar surface area (TPSA) is 9.23 Å². The zero-order valence-corrected chi connectivity index (χ0v) is 9.51. The predicted octanol–water partition coefficient (Wildman–Crippen LogP) is 4.37. The van der Waals surface area contributed by atoms with E-state index >= 15 is 0 Å². The fraction of sp³-hybridized carbons (Fsp3) is 0.500. The summed E-state index contributed by atoms with van der Waals surface area (Å²) in [6, 6.07) is 0. The first-order chi connectivity index (χ1) is 7.37. The highest BCUT2D eigenvalue weighted by Crippen LogP contribution is 2.35. The molecule has 0 amide bonds. The molecule has 0 aliphatic rings. The summed E-state index contributed by atoms with van der Waals surface area (Å²) in [6.07, 6.45) is -6.42. The van der Waals surface area contributed by atoms with E-state index in [-0.39, 0.29) is 0 Å². The van der Waals surface area contributed by atoms with Gasteiger partial charge in [0.25, 0.3) is 0 Å². The van der Waals surface area contributed by atoms with Gasteiger partial charge in [-0.15, -0.1) is 0 Å². The SMILES string of the molecule is C=C(OC(=C)C(F)C(F)(F)Cl)C(F)C(F)(F)Cl. The Labute approximate surface area is 103 Å². The third-order valence-corrected chi connectivity index (χ3v) is 1.79. The van der Waals surface area contributed by atoms with E-state index in [2.05, 4.69) is 41.1 Å². The van der Waals surface area contributed by atoms with Crippen molar-refractivity contribution in [3.8, 4) is 0 Å². The number of halogens is 8. The quantitative estimate of drug-likeness (QED) is 0.402. The number of rotatable bonds is 6. The van der Waals surface area contributed by atoms with Crippen LogP contribution in [0.25, 0.3) is 0 Å². The van der Waals surface area contributed by atoms with Crippen molar-refractivity contribution in [3.63, 3.8) is 0 Å². The van der Waals surface area contributed by atoms with Crippen LogP contribution in [0.15, 0.2) is 24.7 Å². The zero-order valence-electron chi connectivity index (χ0n) is 8.00. The van der Waals surface area contributed by atoms with Crippen molar-refractivity contribution in [2.45, 2.75) is 23.1 Å². The fourth-order valence-electron chi connectivity index (χ4n) is 0.637. The summed E-state index contributed by atoms with van der Waals surface area (Å²) >= 11 is 8.57. The Morgan fingerprint density at radius 3 is 1.29 bits per heavy atom. The van der Waals surface area contributed by atoms with Crippen LogP contribution in [0.4, 0.5) is 26.3 Å². The van der Waals surface area contributed by atoms with Gasteiger partial charge in [0.2, 0.25) is 12.3 Å². The monoisotopic (exact) mass is 302 g/mol. The molecule has 0 saturated heterocycles. The Morgan fingerprint density at radius 1 is 0.882 bits per heavy atom. The second-order valence-corrected chi connectivity index (χ2v) is 3.85. The van der Waals surface area contributed by atoms with Crippen molar-refractivity contribution in [1.29, 1.82) is 0 Å². The van der Waals surface area contributed by atoms with Gasteiger partial charge in [-0.05, 0) is 23.2 Å². The molecular weight excluding hydrogens is 297 g/mol. The van der Waals surface area contributed by atoms with Gasteiger partial charge >= 0.3 is 10.8 Å². The second-order valence-electron chi connectivity index (χ2n) is 2.84. The molecule has 0 aromatic rings. The van der Waals surface area contributed by atoms with Crippen LogP contribution in [0.1, 0.15) is 0 Å². The molecule has 0 bridgehead atoms. The van der Waals surface area contributed by atoms with E-state index in [9.17, 15) is 26.3 Å². The minimum Gasteiger partial charge on any atom is -0.461 e. The third kappa shape index (κ3) is 5.08. The van der Waals surface area contributed by atoms with E-state index in [4.69, 9.17) is 0 Å². The highest BCUT2D eigenvalue weighted by molar-refractivity contribution is 6.22. The summed E-state index contributed by atoms with van der Waals surface area (Å²) in [5, 5.41) is -8.74. The van der Waals surface area contributed by atoms with Gasteiger partial charge in [0.1, 0.15) is 11.5 Å². The Hall–Kier alpha value is -0.560.